The Kier molecular flexibility index (Phi) is 3.03. The minimum atomic E-state index is 0.141. The van der Waals surface area contributed by atoms with E-state index in [1.54, 1.807) is 12.1 Å². The molecule has 0 saturated carbocycles. The third-order valence-corrected chi connectivity index (χ3v) is 3.45. The first kappa shape index (κ1) is 11.9. The Morgan fingerprint density at radius 3 is 3.00 bits per heavy atom. The van der Waals surface area contributed by atoms with Crippen LogP contribution in [0.3, 0.4) is 0 Å². The van der Waals surface area contributed by atoms with Crippen LogP contribution in [0, 0.1) is 0 Å². The highest BCUT2D eigenvalue weighted by atomic mass is 16.5. The Balaban J connectivity index is 1.82. The minimum absolute atomic E-state index is 0.141. The first-order valence-corrected chi connectivity index (χ1v) is 6.57. The molecule has 0 radical (unpaired) electrons. The van der Waals surface area contributed by atoms with E-state index in [0.29, 0.717) is 6.61 Å². The molecule has 1 aliphatic rings. The second-order valence-corrected chi connectivity index (χ2v) is 4.78. The lowest BCUT2D eigenvalue weighted by atomic mass is 10.1. The summed E-state index contributed by atoms with van der Waals surface area (Å²) in [6.45, 7) is 2.74. The van der Waals surface area contributed by atoms with E-state index < -0.39 is 0 Å². The molecular formula is C16H17NO2. The lowest BCUT2D eigenvalue weighted by molar-refractivity contribution is 0.338. The van der Waals surface area contributed by atoms with Crippen molar-refractivity contribution < 1.29 is 9.84 Å². The van der Waals surface area contributed by atoms with Crippen LogP contribution >= 0.6 is 0 Å². The van der Waals surface area contributed by atoms with Crippen molar-refractivity contribution >= 4 is 5.69 Å². The highest BCUT2D eigenvalue weighted by Crippen LogP contribution is 2.36. The number of phenolic OH excluding ortho intramolecular Hbond substituents is 1. The summed E-state index contributed by atoms with van der Waals surface area (Å²) >= 11 is 0. The van der Waals surface area contributed by atoms with Gasteiger partial charge in [-0.1, -0.05) is 19.1 Å². The SMILES string of the molecule is CCc1cccc(NC2COc3cc(O)ccc32)c1. The molecule has 0 aromatic heterocycles. The molecule has 0 spiro atoms. The Morgan fingerprint density at radius 1 is 1.26 bits per heavy atom. The Bertz CT molecular complexity index is 595. The molecule has 19 heavy (non-hydrogen) atoms. The van der Waals surface area contributed by atoms with Crippen LogP contribution in [0.15, 0.2) is 42.5 Å². The second kappa shape index (κ2) is 4.84. The zero-order valence-electron chi connectivity index (χ0n) is 10.9. The van der Waals surface area contributed by atoms with Crippen LogP contribution in [0.2, 0.25) is 0 Å². The van der Waals surface area contributed by atoms with Gasteiger partial charge in [-0.3, -0.25) is 0 Å². The summed E-state index contributed by atoms with van der Waals surface area (Å²) in [7, 11) is 0. The first-order chi connectivity index (χ1) is 9.26. The maximum Gasteiger partial charge on any atom is 0.128 e. The molecule has 2 aromatic carbocycles. The zero-order chi connectivity index (χ0) is 13.2. The van der Waals surface area contributed by atoms with Gasteiger partial charge in [0.1, 0.15) is 18.1 Å². The molecule has 0 bridgehead atoms. The van der Waals surface area contributed by atoms with Crippen molar-refractivity contribution in [1.29, 1.82) is 0 Å². The molecule has 1 unspecified atom stereocenters. The fourth-order valence-electron chi connectivity index (χ4n) is 2.40. The van der Waals surface area contributed by atoms with Crippen LogP contribution in [-0.4, -0.2) is 11.7 Å². The molecule has 1 heterocycles. The molecule has 0 amide bonds. The third kappa shape index (κ3) is 2.36. The predicted octanol–water partition coefficient (Wildman–Crippen LogP) is 3.50. The lowest BCUT2D eigenvalue weighted by Gasteiger charge is -2.14. The molecule has 3 rings (SSSR count). The maximum atomic E-state index is 9.44. The van der Waals surface area contributed by atoms with Crippen LogP contribution in [0.1, 0.15) is 24.1 Å². The molecule has 3 heteroatoms. The summed E-state index contributed by atoms with van der Waals surface area (Å²) in [5.74, 6) is 1.01. The highest BCUT2D eigenvalue weighted by Gasteiger charge is 2.24. The molecule has 3 nitrogen and oxygen atoms in total. The predicted molar refractivity (Wildman–Crippen MR) is 75.8 cm³/mol. The standard InChI is InChI=1S/C16H17NO2/c1-2-11-4-3-5-12(8-11)17-15-10-19-16-9-13(18)6-7-14(15)16/h3-9,15,17-18H,2,10H2,1H3. The first-order valence-electron chi connectivity index (χ1n) is 6.57. The largest absolute Gasteiger partial charge is 0.508 e. The summed E-state index contributed by atoms with van der Waals surface area (Å²) in [5, 5.41) is 12.9. The van der Waals surface area contributed by atoms with E-state index in [2.05, 4.69) is 36.5 Å². The smallest absolute Gasteiger partial charge is 0.128 e. The average Bonchev–Trinajstić information content (AvgIpc) is 2.81. The molecule has 0 aliphatic carbocycles. The third-order valence-electron chi connectivity index (χ3n) is 3.45. The Morgan fingerprint density at radius 2 is 2.16 bits per heavy atom. The number of phenols is 1. The number of ether oxygens (including phenoxy) is 1. The van der Waals surface area contributed by atoms with E-state index >= 15 is 0 Å². The summed E-state index contributed by atoms with van der Waals surface area (Å²) in [4.78, 5) is 0. The van der Waals surface area contributed by atoms with Crippen molar-refractivity contribution in [2.24, 2.45) is 0 Å². The molecule has 0 fully saturated rings. The van der Waals surface area contributed by atoms with Crippen molar-refractivity contribution in [1.82, 2.24) is 0 Å². The number of aryl methyl sites for hydroxylation is 1. The molecular weight excluding hydrogens is 238 g/mol. The van der Waals surface area contributed by atoms with Gasteiger partial charge in [0.25, 0.3) is 0 Å². The number of nitrogens with one attached hydrogen (secondary N) is 1. The van der Waals surface area contributed by atoms with Crippen molar-refractivity contribution in [2.45, 2.75) is 19.4 Å². The number of benzene rings is 2. The fourth-order valence-corrected chi connectivity index (χ4v) is 2.40. The number of aromatic hydroxyl groups is 1. The van der Waals surface area contributed by atoms with Gasteiger partial charge in [0, 0.05) is 17.3 Å². The summed E-state index contributed by atoms with van der Waals surface area (Å²) < 4.78 is 5.60. The summed E-state index contributed by atoms with van der Waals surface area (Å²) in [5.41, 5.74) is 3.52. The number of fused-ring (bicyclic) bond motifs is 1. The monoisotopic (exact) mass is 255 g/mol. The van der Waals surface area contributed by atoms with E-state index in [1.807, 2.05) is 6.07 Å². The topological polar surface area (TPSA) is 41.5 Å². The van der Waals surface area contributed by atoms with E-state index in [1.165, 1.54) is 5.56 Å². The van der Waals surface area contributed by atoms with Gasteiger partial charge in [0.15, 0.2) is 0 Å². The van der Waals surface area contributed by atoms with Gasteiger partial charge in [-0.15, -0.1) is 0 Å². The van der Waals surface area contributed by atoms with Crippen molar-refractivity contribution in [2.75, 3.05) is 11.9 Å². The van der Waals surface area contributed by atoms with Gasteiger partial charge in [-0.25, -0.2) is 0 Å². The molecule has 0 saturated heterocycles. The van der Waals surface area contributed by atoms with Crippen LogP contribution < -0.4 is 10.1 Å². The maximum absolute atomic E-state index is 9.44. The summed E-state index contributed by atoms with van der Waals surface area (Å²) in [6.07, 6.45) is 1.03. The van der Waals surface area contributed by atoms with Crippen molar-refractivity contribution in [3.05, 3.63) is 53.6 Å². The van der Waals surface area contributed by atoms with Crippen molar-refractivity contribution in [3.8, 4) is 11.5 Å². The van der Waals surface area contributed by atoms with Gasteiger partial charge < -0.3 is 15.2 Å². The minimum Gasteiger partial charge on any atom is -0.508 e. The zero-order valence-corrected chi connectivity index (χ0v) is 10.9. The van der Waals surface area contributed by atoms with Gasteiger partial charge in [-0.2, -0.15) is 0 Å². The average molecular weight is 255 g/mol. The molecule has 1 atom stereocenters. The van der Waals surface area contributed by atoms with E-state index in [9.17, 15) is 5.11 Å². The van der Waals surface area contributed by atoms with E-state index in [0.717, 1.165) is 23.4 Å². The van der Waals surface area contributed by atoms with Crippen LogP contribution in [0.4, 0.5) is 5.69 Å². The second-order valence-electron chi connectivity index (χ2n) is 4.78. The van der Waals surface area contributed by atoms with Gasteiger partial charge in [-0.05, 0) is 36.2 Å². The van der Waals surface area contributed by atoms with Crippen LogP contribution in [-0.2, 0) is 6.42 Å². The van der Waals surface area contributed by atoms with E-state index in [4.69, 9.17) is 4.74 Å². The molecule has 98 valence electrons. The molecule has 2 N–H and O–H groups in total. The van der Waals surface area contributed by atoms with Gasteiger partial charge in [0.05, 0.1) is 6.04 Å². The van der Waals surface area contributed by atoms with E-state index in [-0.39, 0.29) is 11.8 Å². The quantitative estimate of drug-likeness (QED) is 0.882. The normalized spacial score (nSPS) is 16.8. The van der Waals surface area contributed by atoms with Crippen LogP contribution in [0.5, 0.6) is 11.5 Å². The number of anilines is 1. The molecule has 2 aromatic rings. The Hall–Kier alpha value is -2.16. The highest BCUT2D eigenvalue weighted by molar-refractivity contribution is 5.52. The van der Waals surface area contributed by atoms with Crippen LogP contribution in [0.25, 0.3) is 0 Å². The number of rotatable bonds is 3. The van der Waals surface area contributed by atoms with Gasteiger partial charge in [0.2, 0.25) is 0 Å². The number of hydrogen-bond donors (Lipinski definition) is 2. The fraction of sp³-hybridized carbons (Fsp3) is 0.250. The van der Waals surface area contributed by atoms with Crippen molar-refractivity contribution in [3.63, 3.8) is 0 Å². The lowest BCUT2D eigenvalue weighted by Crippen LogP contribution is -2.11. The van der Waals surface area contributed by atoms with Gasteiger partial charge >= 0.3 is 0 Å². The molecule has 1 aliphatic heterocycles. The number of hydrogen-bond acceptors (Lipinski definition) is 3. The Labute approximate surface area is 112 Å². The summed E-state index contributed by atoms with van der Waals surface area (Å²) in [6, 6.07) is 13.8.